The number of aliphatic carboxylic acids is 1. The molecule has 100 valence electrons. The molecule has 0 aromatic heterocycles. The molecule has 6 N–H and O–H groups in total. The monoisotopic (exact) mass is 258 g/mol. The van der Waals surface area contributed by atoms with Crippen molar-refractivity contribution in [2.24, 2.45) is 16.5 Å². The van der Waals surface area contributed by atoms with Gasteiger partial charge in [-0.15, -0.1) is 0 Å². The molecule has 0 bridgehead atoms. The van der Waals surface area contributed by atoms with Gasteiger partial charge in [-0.2, -0.15) is 0 Å². The highest BCUT2D eigenvalue weighted by atomic mass is 19.1. The molecule has 0 aliphatic heterocycles. The van der Waals surface area contributed by atoms with Crippen LogP contribution in [0.2, 0.25) is 0 Å². The standard InChI is InChI=1S/C10H15FN4O3/c11-4-8(16)14-6-2-1-5(9(17)18)3-7(6)15-10(12)13/h1,6-7H,2-4H2,(H,14,16)(H,17,18)(H4,12,13,15)/t6-,7-/m0/s1. The Morgan fingerprint density at radius 1 is 1.56 bits per heavy atom. The fourth-order valence-corrected chi connectivity index (χ4v) is 1.78. The molecule has 1 aliphatic carbocycles. The molecule has 0 fully saturated rings. The Labute approximate surface area is 103 Å². The van der Waals surface area contributed by atoms with Crippen LogP contribution in [-0.4, -0.2) is 41.7 Å². The van der Waals surface area contributed by atoms with Crippen LogP contribution >= 0.6 is 0 Å². The predicted molar refractivity (Wildman–Crippen MR) is 62.5 cm³/mol. The van der Waals surface area contributed by atoms with Crippen LogP contribution < -0.4 is 16.8 Å². The molecule has 0 saturated heterocycles. The van der Waals surface area contributed by atoms with Gasteiger partial charge in [0.05, 0.1) is 12.1 Å². The van der Waals surface area contributed by atoms with Crippen LogP contribution in [0.5, 0.6) is 0 Å². The first-order valence-electron chi connectivity index (χ1n) is 5.30. The van der Waals surface area contributed by atoms with Gasteiger partial charge in [-0.3, -0.25) is 4.79 Å². The van der Waals surface area contributed by atoms with Gasteiger partial charge in [0.25, 0.3) is 5.91 Å². The molecule has 7 nitrogen and oxygen atoms in total. The number of guanidine groups is 1. The van der Waals surface area contributed by atoms with E-state index in [9.17, 15) is 14.0 Å². The van der Waals surface area contributed by atoms with E-state index in [-0.39, 0.29) is 24.4 Å². The first-order chi connectivity index (χ1) is 8.43. The minimum atomic E-state index is -1.14. The quantitative estimate of drug-likeness (QED) is 0.375. The molecular weight excluding hydrogens is 243 g/mol. The number of nitrogens with zero attached hydrogens (tertiary/aromatic N) is 1. The number of nitrogens with two attached hydrogens (primary N) is 2. The van der Waals surface area contributed by atoms with E-state index in [1.165, 1.54) is 6.08 Å². The SMILES string of the molecule is NC(N)=N[C@H]1CC(C(=O)O)=CC[C@@H]1NC(=O)CF. The van der Waals surface area contributed by atoms with Crippen molar-refractivity contribution >= 4 is 17.8 Å². The number of aliphatic imine (C=N–C) groups is 1. The van der Waals surface area contributed by atoms with Crippen molar-refractivity contribution in [3.63, 3.8) is 0 Å². The smallest absolute Gasteiger partial charge is 0.331 e. The number of amides is 1. The molecular formula is C10H15FN4O3. The number of carboxylic acids is 1. The van der Waals surface area contributed by atoms with E-state index in [1.54, 1.807) is 0 Å². The minimum absolute atomic E-state index is 0.0878. The van der Waals surface area contributed by atoms with Crippen LogP contribution in [0.15, 0.2) is 16.6 Å². The van der Waals surface area contributed by atoms with Gasteiger partial charge >= 0.3 is 5.97 Å². The molecule has 2 atom stereocenters. The van der Waals surface area contributed by atoms with Crippen LogP contribution in [0.3, 0.4) is 0 Å². The summed E-state index contributed by atoms with van der Waals surface area (Å²) in [5.41, 5.74) is 10.7. The van der Waals surface area contributed by atoms with E-state index < -0.39 is 30.6 Å². The molecule has 0 aromatic rings. The molecule has 1 amide bonds. The second-order valence-corrected chi connectivity index (χ2v) is 3.90. The molecule has 0 aromatic carbocycles. The van der Waals surface area contributed by atoms with Crippen molar-refractivity contribution in [2.45, 2.75) is 24.9 Å². The van der Waals surface area contributed by atoms with Crippen molar-refractivity contribution < 1.29 is 19.1 Å². The Balaban J connectivity index is 2.84. The van der Waals surface area contributed by atoms with E-state index in [2.05, 4.69) is 10.3 Å². The number of alkyl halides is 1. The van der Waals surface area contributed by atoms with Crippen molar-refractivity contribution in [1.29, 1.82) is 0 Å². The second kappa shape index (κ2) is 5.99. The molecule has 18 heavy (non-hydrogen) atoms. The molecule has 0 radical (unpaired) electrons. The van der Waals surface area contributed by atoms with E-state index in [0.717, 1.165) is 0 Å². The Bertz CT molecular complexity index is 404. The Kier molecular flexibility index (Phi) is 4.64. The second-order valence-electron chi connectivity index (χ2n) is 3.90. The number of carbonyl (C=O) groups excluding carboxylic acids is 1. The lowest BCUT2D eigenvalue weighted by Crippen LogP contribution is -2.46. The maximum absolute atomic E-state index is 12.1. The summed E-state index contributed by atoms with van der Waals surface area (Å²) in [6, 6.07) is -1.10. The number of nitrogens with one attached hydrogen (secondary N) is 1. The van der Waals surface area contributed by atoms with Gasteiger partial charge in [-0.1, -0.05) is 6.08 Å². The maximum Gasteiger partial charge on any atom is 0.331 e. The molecule has 0 spiro atoms. The van der Waals surface area contributed by atoms with E-state index in [0.29, 0.717) is 0 Å². The summed E-state index contributed by atoms with van der Waals surface area (Å²) in [6.07, 6.45) is 1.81. The number of halogens is 1. The molecule has 0 heterocycles. The van der Waals surface area contributed by atoms with Crippen molar-refractivity contribution in [1.82, 2.24) is 5.32 Å². The number of hydrogen-bond donors (Lipinski definition) is 4. The zero-order chi connectivity index (χ0) is 13.7. The average molecular weight is 258 g/mol. The van der Waals surface area contributed by atoms with E-state index in [1.807, 2.05) is 0 Å². The van der Waals surface area contributed by atoms with Crippen LogP contribution in [0.1, 0.15) is 12.8 Å². The number of rotatable bonds is 4. The summed E-state index contributed by atoms with van der Waals surface area (Å²) in [5, 5.41) is 11.3. The highest BCUT2D eigenvalue weighted by Crippen LogP contribution is 2.21. The lowest BCUT2D eigenvalue weighted by molar-refractivity contribution is -0.133. The number of carboxylic acid groups (broad SMARTS) is 1. The van der Waals surface area contributed by atoms with Crippen LogP contribution in [0, 0.1) is 0 Å². The average Bonchev–Trinajstić information content (AvgIpc) is 2.30. The summed E-state index contributed by atoms with van der Waals surface area (Å²) in [7, 11) is 0. The Morgan fingerprint density at radius 2 is 2.22 bits per heavy atom. The van der Waals surface area contributed by atoms with Crippen LogP contribution in [-0.2, 0) is 9.59 Å². The largest absolute Gasteiger partial charge is 0.478 e. The van der Waals surface area contributed by atoms with Gasteiger partial charge in [0.2, 0.25) is 0 Å². The zero-order valence-electron chi connectivity index (χ0n) is 9.60. The number of carbonyl (C=O) groups is 2. The fourth-order valence-electron chi connectivity index (χ4n) is 1.78. The van der Waals surface area contributed by atoms with Crippen LogP contribution in [0.4, 0.5) is 4.39 Å². The first-order valence-corrected chi connectivity index (χ1v) is 5.30. The topological polar surface area (TPSA) is 131 Å². The van der Waals surface area contributed by atoms with Crippen molar-refractivity contribution in [2.75, 3.05) is 6.67 Å². The van der Waals surface area contributed by atoms with Crippen molar-refractivity contribution in [3.8, 4) is 0 Å². The zero-order valence-corrected chi connectivity index (χ0v) is 9.60. The van der Waals surface area contributed by atoms with Gasteiger partial charge < -0.3 is 21.9 Å². The van der Waals surface area contributed by atoms with Crippen LogP contribution in [0.25, 0.3) is 0 Å². The van der Waals surface area contributed by atoms with E-state index in [4.69, 9.17) is 16.6 Å². The minimum Gasteiger partial charge on any atom is -0.478 e. The molecule has 1 rings (SSSR count). The summed E-state index contributed by atoms with van der Waals surface area (Å²) in [5.74, 6) is -2.03. The number of hydrogen-bond acceptors (Lipinski definition) is 3. The van der Waals surface area contributed by atoms with Gasteiger partial charge in [0, 0.05) is 12.0 Å². The lowest BCUT2D eigenvalue weighted by atomic mass is 9.90. The summed E-state index contributed by atoms with van der Waals surface area (Å²) in [4.78, 5) is 25.7. The molecule has 0 saturated carbocycles. The first kappa shape index (κ1) is 13.9. The maximum atomic E-state index is 12.1. The Morgan fingerprint density at radius 3 is 2.72 bits per heavy atom. The summed E-state index contributed by atoms with van der Waals surface area (Å²) >= 11 is 0. The highest BCUT2D eigenvalue weighted by molar-refractivity contribution is 5.87. The van der Waals surface area contributed by atoms with Gasteiger partial charge in [-0.05, 0) is 6.42 Å². The molecule has 0 unspecified atom stereocenters. The highest BCUT2D eigenvalue weighted by Gasteiger charge is 2.29. The lowest BCUT2D eigenvalue weighted by Gasteiger charge is -2.28. The Hall–Kier alpha value is -2.12. The summed E-state index contributed by atoms with van der Waals surface area (Å²) < 4.78 is 12.1. The van der Waals surface area contributed by atoms with Gasteiger partial charge in [0.15, 0.2) is 12.6 Å². The van der Waals surface area contributed by atoms with E-state index >= 15 is 0 Å². The van der Waals surface area contributed by atoms with Crippen molar-refractivity contribution in [3.05, 3.63) is 11.6 Å². The third-order valence-electron chi connectivity index (χ3n) is 2.57. The molecule has 8 heteroatoms. The van der Waals surface area contributed by atoms with Gasteiger partial charge in [0.1, 0.15) is 0 Å². The fraction of sp³-hybridized carbons (Fsp3) is 0.500. The normalized spacial score (nSPS) is 22.8. The third-order valence-corrected chi connectivity index (χ3v) is 2.57. The molecule has 1 aliphatic rings. The van der Waals surface area contributed by atoms with Gasteiger partial charge in [-0.25, -0.2) is 14.2 Å². The predicted octanol–water partition coefficient (Wildman–Crippen LogP) is -1.11. The third kappa shape index (κ3) is 3.72. The summed E-state index contributed by atoms with van der Waals surface area (Å²) in [6.45, 7) is -1.14.